The van der Waals surface area contributed by atoms with Gasteiger partial charge >= 0.3 is 0 Å². The van der Waals surface area contributed by atoms with Gasteiger partial charge in [0, 0.05) is 32.0 Å². The minimum atomic E-state index is -0.281. The molecule has 2 rings (SSSR count). The minimum Gasteiger partial charge on any atom is -0.376 e. The van der Waals surface area contributed by atoms with Crippen LogP contribution < -0.4 is 15.8 Å². The molecular formula is C15H16ClN3O2. The SMILES string of the molecule is CN(C)c1ccc(NC(=O)Cn2ccccc2=O)cc1Cl. The molecule has 0 aliphatic rings. The normalized spacial score (nSPS) is 10.2. The van der Waals surface area contributed by atoms with Crippen LogP contribution in [0.25, 0.3) is 0 Å². The highest BCUT2D eigenvalue weighted by Gasteiger charge is 2.07. The number of hydrogen-bond acceptors (Lipinski definition) is 3. The summed E-state index contributed by atoms with van der Waals surface area (Å²) in [6, 6.07) is 10.0. The number of carbonyl (C=O) groups excluding carboxylic acids is 1. The molecule has 0 unspecified atom stereocenters. The molecule has 0 aliphatic carbocycles. The highest BCUT2D eigenvalue weighted by Crippen LogP contribution is 2.27. The zero-order valence-electron chi connectivity index (χ0n) is 11.8. The van der Waals surface area contributed by atoms with Crippen molar-refractivity contribution in [3.63, 3.8) is 0 Å². The second-order valence-electron chi connectivity index (χ2n) is 4.78. The molecule has 0 bridgehead atoms. The van der Waals surface area contributed by atoms with Crippen LogP contribution in [0.3, 0.4) is 0 Å². The van der Waals surface area contributed by atoms with Crippen LogP contribution in [0.15, 0.2) is 47.4 Å². The smallest absolute Gasteiger partial charge is 0.250 e. The first-order valence-corrected chi connectivity index (χ1v) is 6.77. The van der Waals surface area contributed by atoms with E-state index in [9.17, 15) is 9.59 Å². The highest BCUT2D eigenvalue weighted by molar-refractivity contribution is 6.33. The number of amides is 1. The number of aromatic nitrogens is 1. The van der Waals surface area contributed by atoms with E-state index in [2.05, 4.69) is 5.32 Å². The summed E-state index contributed by atoms with van der Waals surface area (Å²) in [5.41, 5.74) is 1.25. The molecule has 6 heteroatoms. The van der Waals surface area contributed by atoms with Gasteiger partial charge in [0.1, 0.15) is 6.54 Å². The van der Waals surface area contributed by atoms with Crippen LogP contribution in [0.5, 0.6) is 0 Å². The van der Waals surface area contributed by atoms with Crippen molar-refractivity contribution < 1.29 is 4.79 Å². The summed E-state index contributed by atoms with van der Waals surface area (Å²) in [4.78, 5) is 25.4. The van der Waals surface area contributed by atoms with E-state index in [-0.39, 0.29) is 18.0 Å². The molecule has 0 saturated heterocycles. The number of pyridine rings is 1. The predicted molar refractivity (Wildman–Crippen MR) is 85.1 cm³/mol. The molecule has 1 N–H and O–H groups in total. The fraction of sp³-hybridized carbons (Fsp3) is 0.200. The van der Waals surface area contributed by atoms with Gasteiger partial charge in [-0.3, -0.25) is 9.59 Å². The standard InChI is InChI=1S/C15H16ClN3O2/c1-18(2)13-7-6-11(9-12(13)16)17-14(20)10-19-8-4-3-5-15(19)21/h3-9H,10H2,1-2H3,(H,17,20). The maximum Gasteiger partial charge on any atom is 0.250 e. The monoisotopic (exact) mass is 305 g/mol. The van der Waals surface area contributed by atoms with Crippen molar-refractivity contribution >= 4 is 28.9 Å². The maximum atomic E-state index is 11.9. The molecule has 0 spiro atoms. The van der Waals surface area contributed by atoms with Crippen molar-refractivity contribution in [2.24, 2.45) is 0 Å². The molecule has 2 aromatic rings. The van der Waals surface area contributed by atoms with Gasteiger partial charge in [0.05, 0.1) is 10.7 Å². The summed E-state index contributed by atoms with van der Waals surface area (Å²) in [5.74, 6) is -0.281. The number of anilines is 2. The van der Waals surface area contributed by atoms with Gasteiger partial charge in [-0.1, -0.05) is 17.7 Å². The number of nitrogens with one attached hydrogen (secondary N) is 1. The van der Waals surface area contributed by atoms with E-state index in [1.54, 1.807) is 30.5 Å². The van der Waals surface area contributed by atoms with Crippen LogP contribution in [0, 0.1) is 0 Å². The lowest BCUT2D eigenvalue weighted by molar-refractivity contribution is -0.116. The number of halogens is 1. The fourth-order valence-corrected chi connectivity index (χ4v) is 2.24. The zero-order chi connectivity index (χ0) is 15.4. The molecule has 0 aliphatic heterocycles. The van der Waals surface area contributed by atoms with Crippen LogP contribution in [0.1, 0.15) is 0 Å². The molecule has 1 amide bonds. The van der Waals surface area contributed by atoms with Gasteiger partial charge in [-0.25, -0.2) is 0 Å². The third-order valence-corrected chi connectivity index (χ3v) is 3.23. The fourth-order valence-electron chi connectivity index (χ4n) is 1.89. The van der Waals surface area contributed by atoms with Crippen LogP contribution in [-0.4, -0.2) is 24.6 Å². The summed E-state index contributed by atoms with van der Waals surface area (Å²) in [5, 5.41) is 3.27. The minimum absolute atomic E-state index is 0.0350. The number of hydrogen-bond donors (Lipinski definition) is 1. The third-order valence-electron chi connectivity index (χ3n) is 2.93. The summed E-state index contributed by atoms with van der Waals surface area (Å²) in [6.07, 6.45) is 1.57. The first-order chi connectivity index (χ1) is 9.97. The summed E-state index contributed by atoms with van der Waals surface area (Å²) >= 11 is 6.15. The molecule has 5 nitrogen and oxygen atoms in total. The topological polar surface area (TPSA) is 54.3 Å². The lowest BCUT2D eigenvalue weighted by Gasteiger charge is -2.15. The molecule has 0 fully saturated rings. The average molecular weight is 306 g/mol. The van der Waals surface area contributed by atoms with Crippen LogP contribution in [-0.2, 0) is 11.3 Å². The Labute approximate surface area is 127 Å². The van der Waals surface area contributed by atoms with Crippen molar-refractivity contribution in [3.05, 3.63) is 58.0 Å². The lowest BCUT2D eigenvalue weighted by atomic mass is 10.2. The van der Waals surface area contributed by atoms with Crippen LogP contribution in [0.4, 0.5) is 11.4 Å². The molecule has 0 radical (unpaired) electrons. The Morgan fingerprint density at radius 1 is 1.29 bits per heavy atom. The summed E-state index contributed by atoms with van der Waals surface area (Å²) < 4.78 is 1.34. The molecule has 1 heterocycles. The number of rotatable bonds is 4. The first kappa shape index (κ1) is 15.1. The van der Waals surface area contributed by atoms with Gasteiger partial charge < -0.3 is 14.8 Å². The third kappa shape index (κ3) is 3.86. The molecular weight excluding hydrogens is 290 g/mol. The molecule has 110 valence electrons. The predicted octanol–water partition coefficient (Wildman–Crippen LogP) is 2.21. The molecule has 0 atom stereocenters. The number of nitrogens with zero attached hydrogens (tertiary/aromatic N) is 2. The van der Waals surface area contributed by atoms with Crippen molar-refractivity contribution in [2.45, 2.75) is 6.54 Å². The average Bonchev–Trinajstić information content (AvgIpc) is 2.41. The Hall–Kier alpha value is -2.27. The van der Waals surface area contributed by atoms with E-state index in [1.807, 2.05) is 25.1 Å². The van der Waals surface area contributed by atoms with Gasteiger partial charge in [-0.2, -0.15) is 0 Å². The van der Waals surface area contributed by atoms with E-state index >= 15 is 0 Å². The first-order valence-electron chi connectivity index (χ1n) is 6.39. The van der Waals surface area contributed by atoms with Crippen molar-refractivity contribution in [2.75, 3.05) is 24.3 Å². The number of carbonyl (C=O) groups is 1. The van der Waals surface area contributed by atoms with E-state index < -0.39 is 0 Å². The van der Waals surface area contributed by atoms with Crippen LogP contribution in [0.2, 0.25) is 5.02 Å². The Balaban J connectivity index is 2.08. The van der Waals surface area contributed by atoms with Gasteiger partial charge in [0.25, 0.3) is 5.56 Å². The lowest BCUT2D eigenvalue weighted by Crippen LogP contribution is -2.26. The quantitative estimate of drug-likeness (QED) is 0.942. The highest BCUT2D eigenvalue weighted by atomic mass is 35.5. The van der Waals surface area contributed by atoms with Crippen molar-refractivity contribution in [3.8, 4) is 0 Å². The molecule has 1 aromatic heterocycles. The van der Waals surface area contributed by atoms with E-state index in [0.29, 0.717) is 10.7 Å². The summed E-state index contributed by atoms with van der Waals surface area (Å²) in [7, 11) is 3.78. The van der Waals surface area contributed by atoms with E-state index in [4.69, 9.17) is 11.6 Å². The molecule has 0 saturated carbocycles. The molecule has 21 heavy (non-hydrogen) atoms. The van der Waals surface area contributed by atoms with Gasteiger partial charge in [0.2, 0.25) is 5.91 Å². The Morgan fingerprint density at radius 3 is 2.67 bits per heavy atom. The van der Waals surface area contributed by atoms with E-state index in [1.165, 1.54) is 10.6 Å². The second-order valence-corrected chi connectivity index (χ2v) is 5.18. The zero-order valence-corrected chi connectivity index (χ0v) is 12.6. The molecule has 1 aromatic carbocycles. The maximum absolute atomic E-state index is 11.9. The Bertz CT molecular complexity index is 710. The van der Waals surface area contributed by atoms with Gasteiger partial charge in [-0.05, 0) is 24.3 Å². The van der Waals surface area contributed by atoms with E-state index in [0.717, 1.165) is 5.69 Å². The van der Waals surface area contributed by atoms with Gasteiger partial charge in [0.15, 0.2) is 0 Å². The summed E-state index contributed by atoms with van der Waals surface area (Å²) in [6.45, 7) is -0.0350. The second kappa shape index (κ2) is 6.45. The van der Waals surface area contributed by atoms with Crippen LogP contribution >= 0.6 is 11.6 Å². The largest absolute Gasteiger partial charge is 0.376 e. The van der Waals surface area contributed by atoms with Crippen molar-refractivity contribution in [1.29, 1.82) is 0 Å². The number of benzene rings is 1. The Kier molecular flexibility index (Phi) is 4.65. The Morgan fingerprint density at radius 2 is 2.05 bits per heavy atom. The van der Waals surface area contributed by atoms with Gasteiger partial charge in [-0.15, -0.1) is 0 Å². The van der Waals surface area contributed by atoms with Crippen molar-refractivity contribution in [1.82, 2.24) is 4.57 Å².